The number of ether oxygens (including phenoxy) is 1. The van der Waals surface area contributed by atoms with E-state index in [4.69, 9.17) is 30.2 Å². The highest BCUT2D eigenvalue weighted by Gasteiger charge is 2.63. The lowest BCUT2D eigenvalue weighted by Crippen LogP contribution is -2.57. The van der Waals surface area contributed by atoms with E-state index in [1.165, 1.54) is 10.8 Å². The number of aromatic nitrogens is 2. The fourth-order valence-corrected chi connectivity index (χ4v) is 7.18. The fraction of sp³-hybridized carbons (Fsp3) is 0.852. The summed E-state index contributed by atoms with van der Waals surface area (Å²) in [5.41, 5.74) is -0.489. The van der Waals surface area contributed by atoms with Crippen molar-refractivity contribution in [3.63, 3.8) is 0 Å². The predicted molar refractivity (Wildman–Crippen MR) is 167 cm³/mol. The van der Waals surface area contributed by atoms with Crippen LogP contribution in [0.5, 0.6) is 0 Å². The zero-order valence-electron chi connectivity index (χ0n) is 26.9. The molecule has 226 valence electrons. The number of rotatable bonds is 8. The van der Waals surface area contributed by atoms with Crippen LogP contribution >= 0.6 is 12.2 Å². The van der Waals surface area contributed by atoms with Crippen molar-refractivity contribution in [1.82, 2.24) is 9.55 Å². The molecule has 0 unspecified atom stereocenters. The maximum atomic E-state index is 17.4. The summed E-state index contributed by atoms with van der Waals surface area (Å²) in [6.07, 6.45) is -1.51. The van der Waals surface area contributed by atoms with Gasteiger partial charge in [-0.3, -0.25) is 9.55 Å². The van der Waals surface area contributed by atoms with Gasteiger partial charge in [-0.1, -0.05) is 74.5 Å². The van der Waals surface area contributed by atoms with Crippen LogP contribution in [0.15, 0.2) is 17.1 Å². The summed E-state index contributed by atoms with van der Waals surface area (Å²) >= 11 is 5.16. The molecule has 1 aliphatic heterocycles. The van der Waals surface area contributed by atoms with Gasteiger partial charge < -0.3 is 18.0 Å². The lowest BCUT2D eigenvalue weighted by Gasteiger charge is -2.45. The highest BCUT2D eigenvalue weighted by Crippen LogP contribution is 2.50. The van der Waals surface area contributed by atoms with Gasteiger partial charge in [0.25, 0.3) is 5.85 Å². The normalized spacial score (nSPS) is 25.8. The first-order valence-electron chi connectivity index (χ1n) is 13.8. The van der Waals surface area contributed by atoms with E-state index in [1.54, 1.807) is 6.07 Å². The molecular formula is C27H53FN2O5SSi3. The zero-order chi connectivity index (χ0) is 30.6. The topological polar surface area (TPSA) is 74.7 Å². The van der Waals surface area contributed by atoms with Gasteiger partial charge in [-0.25, -0.2) is 9.18 Å². The molecule has 0 radical (unpaired) electrons. The van der Waals surface area contributed by atoms with E-state index in [-0.39, 0.29) is 26.4 Å². The highest BCUT2D eigenvalue weighted by molar-refractivity contribution is 7.71. The lowest BCUT2D eigenvalue weighted by molar-refractivity contribution is -0.202. The molecule has 1 aliphatic rings. The minimum absolute atomic E-state index is 0.126. The molecule has 7 nitrogen and oxygen atoms in total. The fourth-order valence-electron chi connectivity index (χ4n) is 3.47. The number of halogens is 1. The molecule has 0 spiro atoms. The highest BCUT2D eigenvalue weighted by atomic mass is 32.1. The molecule has 1 saturated heterocycles. The summed E-state index contributed by atoms with van der Waals surface area (Å²) in [7, 11) is -7.35. The van der Waals surface area contributed by atoms with Crippen LogP contribution in [0.3, 0.4) is 0 Å². The molecule has 1 fully saturated rings. The Hall–Kier alpha value is -0.479. The summed E-state index contributed by atoms with van der Waals surface area (Å²) in [5, 5.41) is -0.485. The Bertz CT molecular complexity index is 1130. The third kappa shape index (κ3) is 7.49. The van der Waals surface area contributed by atoms with Gasteiger partial charge in [0.15, 0.2) is 31.2 Å². The molecule has 0 aliphatic carbocycles. The number of nitrogens with zero attached hydrogens (tertiary/aromatic N) is 1. The maximum absolute atomic E-state index is 17.4. The Morgan fingerprint density at radius 3 is 1.82 bits per heavy atom. The second-order valence-corrected chi connectivity index (χ2v) is 30.3. The van der Waals surface area contributed by atoms with Crippen LogP contribution < -0.4 is 5.69 Å². The zero-order valence-corrected chi connectivity index (χ0v) is 30.7. The van der Waals surface area contributed by atoms with Crippen molar-refractivity contribution in [2.24, 2.45) is 0 Å². The average molecular weight is 621 g/mol. The second kappa shape index (κ2) is 11.0. The van der Waals surface area contributed by atoms with E-state index in [0.717, 1.165) is 0 Å². The first kappa shape index (κ1) is 34.7. The van der Waals surface area contributed by atoms with Gasteiger partial charge >= 0.3 is 5.69 Å². The molecule has 39 heavy (non-hydrogen) atoms. The van der Waals surface area contributed by atoms with Gasteiger partial charge in [0.1, 0.15) is 16.8 Å². The van der Waals surface area contributed by atoms with Crippen LogP contribution in [0.25, 0.3) is 0 Å². The summed E-state index contributed by atoms with van der Waals surface area (Å²) in [6, 6.07) is 1.59. The molecule has 1 N–H and O–H groups in total. The Morgan fingerprint density at radius 1 is 0.923 bits per heavy atom. The van der Waals surface area contributed by atoms with Crippen LogP contribution in [-0.2, 0) is 18.0 Å². The molecule has 2 rings (SSSR count). The number of H-pyrrole nitrogens is 1. The van der Waals surface area contributed by atoms with E-state index >= 15 is 4.39 Å². The number of aromatic amines is 1. The Morgan fingerprint density at radius 2 is 1.38 bits per heavy atom. The minimum Gasteiger partial charge on any atom is -0.411 e. The van der Waals surface area contributed by atoms with Crippen LogP contribution in [0, 0.1) is 4.64 Å². The van der Waals surface area contributed by atoms with Crippen molar-refractivity contribution < 1.29 is 22.4 Å². The molecule has 0 aromatic carbocycles. The molecule has 0 saturated carbocycles. The Labute approximate surface area is 243 Å². The van der Waals surface area contributed by atoms with Crippen molar-refractivity contribution in [3.8, 4) is 0 Å². The predicted octanol–water partition coefficient (Wildman–Crippen LogP) is 7.90. The van der Waals surface area contributed by atoms with Gasteiger partial charge in [-0.05, 0) is 60.5 Å². The van der Waals surface area contributed by atoms with Crippen molar-refractivity contribution in [3.05, 3.63) is 27.4 Å². The van der Waals surface area contributed by atoms with Gasteiger partial charge in [-0.2, -0.15) is 0 Å². The van der Waals surface area contributed by atoms with E-state index in [9.17, 15) is 4.79 Å². The Kier molecular flexibility index (Phi) is 9.77. The number of hydrogen-bond donors (Lipinski definition) is 1. The molecule has 12 heteroatoms. The van der Waals surface area contributed by atoms with Crippen LogP contribution in [-0.4, -0.2) is 59.2 Å². The smallest absolute Gasteiger partial charge is 0.328 e. The van der Waals surface area contributed by atoms with Crippen molar-refractivity contribution in [1.29, 1.82) is 0 Å². The first-order valence-corrected chi connectivity index (χ1v) is 23.0. The van der Waals surface area contributed by atoms with Crippen LogP contribution in [0.2, 0.25) is 54.4 Å². The molecule has 4 atom stereocenters. The van der Waals surface area contributed by atoms with Gasteiger partial charge in [0.2, 0.25) is 0 Å². The van der Waals surface area contributed by atoms with Crippen molar-refractivity contribution in [2.45, 2.75) is 141 Å². The summed E-state index contributed by atoms with van der Waals surface area (Å²) < 4.78 is 45.5. The van der Waals surface area contributed by atoms with Gasteiger partial charge in [-0.15, -0.1) is 0 Å². The standard InChI is InChI=1S/C27H53FN2O5SSi3/c1-24(2,3)37(10,11)32-18-27(28)21(35-39(14,15)26(7,8)9)20(34-38(12,13)25(4,5)6)22(33-27)30-17-16-19(36)29-23(30)31/h16-17,20-22H,18H2,1-15H3,(H,29,31,36)/t20-,21+,22-,27-/m1/s1. The molecule has 1 aromatic rings. The first-order chi connectivity index (χ1) is 17.2. The third-order valence-corrected chi connectivity index (χ3v) is 23.0. The summed E-state index contributed by atoms with van der Waals surface area (Å²) in [5.74, 6) is -2.34. The van der Waals surface area contributed by atoms with Crippen LogP contribution in [0.4, 0.5) is 4.39 Å². The Balaban J connectivity index is 2.74. The number of hydrogen-bond acceptors (Lipinski definition) is 6. The van der Waals surface area contributed by atoms with Crippen molar-refractivity contribution >= 4 is 37.2 Å². The van der Waals surface area contributed by atoms with Gasteiger partial charge in [0.05, 0.1) is 6.61 Å². The van der Waals surface area contributed by atoms with E-state index in [2.05, 4.69) is 107 Å². The SMILES string of the molecule is CC(C)(C)[Si](C)(C)OC[C@@]1(F)O[C@@H](n2ccc(=S)[nH]c2=O)[C@H](O[Si](C)(C)C(C)(C)C)[C@@H]1O[Si](C)(C)C(C)(C)C. The van der Waals surface area contributed by atoms with Crippen LogP contribution in [0.1, 0.15) is 68.5 Å². The molecule has 1 aromatic heterocycles. The summed E-state index contributed by atoms with van der Waals surface area (Å²) in [4.78, 5) is 15.7. The third-order valence-electron chi connectivity index (χ3n) is 9.35. The largest absolute Gasteiger partial charge is 0.411 e. The molecular weight excluding hydrogens is 568 g/mol. The second-order valence-electron chi connectivity index (χ2n) is 15.5. The summed E-state index contributed by atoms with van der Waals surface area (Å²) in [6.45, 7) is 31.3. The lowest BCUT2D eigenvalue weighted by atomic mass is 10.1. The minimum atomic E-state index is -2.53. The maximum Gasteiger partial charge on any atom is 0.328 e. The number of alkyl halides is 1. The van der Waals surface area contributed by atoms with E-state index in [1.807, 2.05) is 0 Å². The van der Waals surface area contributed by atoms with E-state index < -0.39 is 54.9 Å². The molecule has 2 heterocycles. The quantitative estimate of drug-likeness (QED) is 0.235. The van der Waals surface area contributed by atoms with E-state index in [0.29, 0.717) is 0 Å². The van der Waals surface area contributed by atoms with Crippen molar-refractivity contribution in [2.75, 3.05) is 6.61 Å². The molecule has 0 bridgehead atoms. The molecule has 0 amide bonds. The van der Waals surface area contributed by atoms with Gasteiger partial charge in [0, 0.05) is 6.20 Å². The number of nitrogens with one attached hydrogen (secondary N) is 1. The average Bonchev–Trinajstić information content (AvgIpc) is 2.95. The monoisotopic (exact) mass is 620 g/mol.